The summed E-state index contributed by atoms with van der Waals surface area (Å²) in [6, 6.07) is 7.40. The molecule has 5 nitrogen and oxygen atoms in total. The van der Waals surface area contributed by atoms with Crippen molar-refractivity contribution in [3.05, 3.63) is 34.2 Å². The van der Waals surface area contributed by atoms with Crippen molar-refractivity contribution in [2.75, 3.05) is 6.54 Å². The molecule has 0 radical (unpaired) electrons. The number of rotatable bonds is 5. The number of carbonyl (C=O) groups excluding carboxylic acids is 1. The fraction of sp³-hybridized carbons (Fsp3) is 0.231. The van der Waals surface area contributed by atoms with Crippen molar-refractivity contribution in [1.82, 2.24) is 5.32 Å². The van der Waals surface area contributed by atoms with Gasteiger partial charge in [0, 0.05) is 23.1 Å². The number of thiophene rings is 1. The topological polar surface area (TPSA) is 86.6 Å². The van der Waals surface area contributed by atoms with Gasteiger partial charge in [0.15, 0.2) is 6.10 Å². The van der Waals surface area contributed by atoms with E-state index in [4.69, 9.17) is 21.8 Å². The van der Waals surface area contributed by atoms with Crippen molar-refractivity contribution >= 4 is 44.9 Å². The Hall–Kier alpha value is -1.63. The molecule has 0 saturated heterocycles. The van der Waals surface area contributed by atoms with Crippen LogP contribution in [0.5, 0.6) is 0 Å². The van der Waals surface area contributed by atoms with E-state index in [1.165, 1.54) is 11.3 Å². The average Bonchev–Trinajstić information content (AvgIpc) is 2.76. The molecule has 0 spiro atoms. The van der Waals surface area contributed by atoms with Crippen LogP contribution in [0, 0.1) is 0 Å². The van der Waals surface area contributed by atoms with E-state index < -0.39 is 12.1 Å². The quantitative estimate of drug-likeness (QED) is 0.789. The van der Waals surface area contributed by atoms with E-state index in [1.54, 1.807) is 0 Å². The summed E-state index contributed by atoms with van der Waals surface area (Å²) in [4.78, 5) is 22.8. The van der Waals surface area contributed by atoms with Crippen LogP contribution in [-0.2, 0) is 4.79 Å². The van der Waals surface area contributed by atoms with Crippen molar-refractivity contribution in [3.8, 4) is 0 Å². The van der Waals surface area contributed by atoms with Crippen LogP contribution in [0.3, 0.4) is 0 Å². The molecule has 2 aromatic rings. The van der Waals surface area contributed by atoms with E-state index in [0.29, 0.717) is 9.90 Å². The molecule has 0 bridgehead atoms. The molecule has 2 rings (SSSR count). The molecule has 0 aliphatic rings. The lowest BCUT2D eigenvalue weighted by Crippen LogP contribution is -2.29. The smallest absolute Gasteiger partial charge is 0.332 e. The first-order valence-corrected chi connectivity index (χ1v) is 7.06. The summed E-state index contributed by atoms with van der Waals surface area (Å²) in [5.74, 6) is -1.67. The first-order valence-electron chi connectivity index (χ1n) is 5.87. The molecule has 0 saturated carbocycles. The van der Waals surface area contributed by atoms with Gasteiger partial charge in [-0.2, -0.15) is 0 Å². The zero-order valence-corrected chi connectivity index (χ0v) is 11.9. The number of aliphatic hydroxyl groups is 1. The Balaban J connectivity index is 2.04. The molecule has 0 aliphatic carbocycles. The second-order valence-electron chi connectivity index (χ2n) is 4.14. The summed E-state index contributed by atoms with van der Waals surface area (Å²) in [6.07, 6.45) is -1.53. The fourth-order valence-electron chi connectivity index (χ4n) is 1.69. The van der Waals surface area contributed by atoms with Crippen molar-refractivity contribution in [1.29, 1.82) is 0 Å². The van der Waals surface area contributed by atoms with Gasteiger partial charge in [-0.3, -0.25) is 4.79 Å². The molecule has 106 valence electrons. The maximum Gasteiger partial charge on any atom is 0.332 e. The molecule has 7 heteroatoms. The van der Waals surface area contributed by atoms with Crippen LogP contribution in [0.2, 0.25) is 5.02 Å². The molecule has 0 fully saturated rings. The number of amides is 1. The van der Waals surface area contributed by atoms with Gasteiger partial charge in [-0.25, -0.2) is 4.79 Å². The van der Waals surface area contributed by atoms with Crippen LogP contribution >= 0.6 is 22.9 Å². The molecule has 3 N–H and O–H groups in total. The lowest BCUT2D eigenvalue weighted by Gasteiger charge is -2.06. The number of hydrogen-bond donors (Lipinski definition) is 3. The Morgan fingerprint density at radius 3 is 2.70 bits per heavy atom. The van der Waals surface area contributed by atoms with Gasteiger partial charge in [0.1, 0.15) is 4.88 Å². The molecule has 1 aromatic carbocycles. The Kier molecular flexibility index (Phi) is 4.59. The lowest BCUT2D eigenvalue weighted by atomic mass is 10.2. The minimum absolute atomic E-state index is 0.0520. The van der Waals surface area contributed by atoms with Crippen LogP contribution in [-0.4, -0.2) is 34.7 Å². The molecule has 0 unspecified atom stereocenters. The van der Waals surface area contributed by atoms with Gasteiger partial charge in [-0.05, 0) is 6.07 Å². The van der Waals surface area contributed by atoms with E-state index in [9.17, 15) is 9.59 Å². The molecule has 1 amide bonds. The monoisotopic (exact) mass is 313 g/mol. The van der Waals surface area contributed by atoms with Crippen LogP contribution in [0.15, 0.2) is 24.3 Å². The Morgan fingerprint density at radius 2 is 2.05 bits per heavy atom. The highest BCUT2D eigenvalue weighted by molar-refractivity contribution is 7.21. The highest BCUT2D eigenvalue weighted by Gasteiger charge is 2.18. The molecule has 1 heterocycles. The summed E-state index contributed by atoms with van der Waals surface area (Å²) in [7, 11) is 0. The number of aliphatic hydroxyl groups excluding tert-OH is 1. The molecule has 20 heavy (non-hydrogen) atoms. The molecule has 0 aliphatic heterocycles. The van der Waals surface area contributed by atoms with E-state index in [-0.39, 0.29) is 18.9 Å². The summed E-state index contributed by atoms with van der Waals surface area (Å²) >= 11 is 7.42. The number of carbonyl (C=O) groups is 2. The standard InChI is InChI=1S/C13H12ClNO4S/c14-10-7-3-1-2-4-9(7)20-11(10)12(17)15-6-5-8(16)13(18)19/h1-4,8,16H,5-6H2,(H,15,17)(H,18,19)/t8-/m0/s1. The molecule has 1 aromatic heterocycles. The number of carboxylic acid groups (broad SMARTS) is 1. The first-order chi connectivity index (χ1) is 9.50. The number of fused-ring (bicyclic) bond motifs is 1. The highest BCUT2D eigenvalue weighted by atomic mass is 35.5. The van der Waals surface area contributed by atoms with Crippen molar-refractivity contribution in [3.63, 3.8) is 0 Å². The largest absolute Gasteiger partial charge is 0.479 e. The van der Waals surface area contributed by atoms with Gasteiger partial charge in [0.25, 0.3) is 5.91 Å². The number of hydrogen-bond acceptors (Lipinski definition) is 4. The van der Waals surface area contributed by atoms with Crippen molar-refractivity contribution in [2.24, 2.45) is 0 Å². The van der Waals surface area contributed by atoms with Gasteiger partial charge in [-0.15, -0.1) is 11.3 Å². The second-order valence-corrected chi connectivity index (χ2v) is 5.57. The normalized spacial score (nSPS) is 12.3. The summed E-state index contributed by atoms with van der Waals surface area (Å²) < 4.78 is 0.910. The van der Waals surface area contributed by atoms with Crippen LogP contribution in [0.1, 0.15) is 16.1 Å². The lowest BCUT2D eigenvalue weighted by molar-refractivity contribution is -0.146. The average molecular weight is 314 g/mol. The Labute approximate surface area is 123 Å². The third-order valence-electron chi connectivity index (χ3n) is 2.73. The highest BCUT2D eigenvalue weighted by Crippen LogP contribution is 2.34. The van der Waals surface area contributed by atoms with Gasteiger partial charge < -0.3 is 15.5 Å². The van der Waals surface area contributed by atoms with Crippen LogP contribution < -0.4 is 5.32 Å². The predicted octanol–water partition coefficient (Wildman–Crippen LogP) is 2.12. The molecule has 1 atom stereocenters. The fourth-order valence-corrected chi connectivity index (χ4v) is 3.12. The van der Waals surface area contributed by atoms with E-state index in [1.807, 2.05) is 24.3 Å². The minimum atomic E-state index is -1.48. The Morgan fingerprint density at radius 1 is 1.35 bits per heavy atom. The molecular formula is C13H12ClNO4S. The number of nitrogens with one attached hydrogen (secondary N) is 1. The number of aliphatic carboxylic acids is 1. The summed E-state index contributed by atoms with van der Waals surface area (Å²) in [5, 5.41) is 21.4. The van der Waals surface area contributed by atoms with E-state index >= 15 is 0 Å². The number of halogens is 1. The maximum atomic E-state index is 12.0. The van der Waals surface area contributed by atoms with E-state index in [0.717, 1.165) is 10.1 Å². The van der Waals surface area contributed by atoms with Crippen LogP contribution in [0.4, 0.5) is 0 Å². The predicted molar refractivity (Wildman–Crippen MR) is 77.4 cm³/mol. The SMILES string of the molecule is O=C(NCC[C@H](O)C(=O)O)c1sc2ccccc2c1Cl. The van der Waals surface area contributed by atoms with Gasteiger partial charge in [0.2, 0.25) is 0 Å². The summed E-state index contributed by atoms with van der Waals surface area (Å²) in [6.45, 7) is 0.0663. The zero-order chi connectivity index (χ0) is 14.7. The first kappa shape index (κ1) is 14.8. The number of carboxylic acids is 1. The summed E-state index contributed by atoms with van der Waals surface area (Å²) in [5.41, 5.74) is 0. The van der Waals surface area contributed by atoms with Gasteiger partial charge in [0.05, 0.1) is 5.02 Å². The maximum absolute atomic E-state index is 12.0. The van der Waals surface area contributed by atoms with Gasteiger partial charge >= 0.3 is 5.97 Å². The number of benzene rings is 1. The molecular weight excluding hydrogens is 302 g/mol. The van der Waals surface area contributed by atoms with Crippen molar-refractivity contribution < 1.29 is 19.8 Å². The third-order valence-corrected chi connectivity index (χ3v) is 4.40. The van der Waals surface area contributed by atoms with Crippen molar-refractivity contribution in [2.45, 2.75) is 12.5 Å². The zero-order valence-electron chi connectivity index (χ0n) is 10.3. The third kappa shape index (κ3) is 3.09. The minimum Gasteiger partial charge on any atom is -0.479 e. The second kappa shape index (κ2) is 6.21. The van der Waals surface area contributed by atoms with Gasteiger partial charge in [-0.1, -0.05) is 29.8 Å². The van der Waals surface area contributed by atoms with Crippen LogP contribution in [0.25, 0.3) is 10.1 Å². The Bertz CT molecular complexity index is 655. The van der Waals surface area contributed by atoms with E-state index in [2.05, 4.69) is 5.32 Å².